The van der Waals surface area contributed by atoms with Crippen molar-refractivity contribution in [1.82, 2.24) is 24.7 Å². The van der Waals surface area contributed by atoms with Crippen molar-refractivity contribution in [2.45, 2.75) is 39.2 Å². The Kier molecular flexibility index (Phi) is 7.19. The number of rotatable bonds is 8. The number of aryl methyl sites for hydroxylation is 2. The second-order valence-corrected chi connectivity index (χ2v) is 10.8. The molecule has 1 amide bonds. The van der Waals surface area contributed by atoms with E-state index < -0.39 is 5.91 Å². The Morgan fingerprint density at radius 1 is 1.16 bits per heavy atom. The number of nitrogens with zero attached hydrogens (tertiary/aromatic N) is 6. The average Bonchev–Trinajstić information content (AvgIpc) is 3.52. The number of hydrogen-bond donors (Lipinski definition) is 2. The van der Waals surface area contributed by atoms with Crippen LogP contribution in [-0.2, 0) is 7.05 Å². The molecule has 0 radical (unpaired) electrons. The van der Waals surface area contributed by atoms with Crippen molar-refractivity contribution >= 4 is 40.4 Å². The predicted molar refractivity (Wildman–Crippen MR) is 148 cm³/mol. The normalized spacial score (nSPS) is 17.4. The van der Waals surface area contributed by atoms with Crippen molar-refractivity contribution in [3.05, 3.63) is 65.3 Å². The quantitative estimate of drug-likeness (QED) is 0.321. The van der Waals surface area contributed by atoms with Crippen LogP contribution in [0.3, 0.4) is 0 Å². The first kappa shape index (κ1) is 25.5. The number of amides is 1. The molecule has 0 unspecified atom stereocenters. The Balaban J connectivity index is 1.31. The van der Waals surface area contributed by atoms with E-state index in [0.29, 0.717) is 23.5 Å². The van der Waals surface area contributed by atoms with Gasteiger partial charge in [0.15, 0.2) is 17.3 Å². The van der Waals surface area contributed by atoms with Crippen LogP contribution in [0.1, 0.15) is 52.0 Å². The first-order valence-corrected chi connectivity index (χ1v) is 13.4. The third kappa shape index (κ3) is 5.42. The number of aromatic nitrogens is 5. The molecule has 1 saturated heterocycles. The highest BCUT2D eigenvalue weighted by molar-refractivity contribution is 7.15. The fourth-order valence-electron chi connectivity index (χ4n) is 4.90. The number of nitrogens with one attached hydrogen (secondary N) is 1. The fraction of sp³-hybridized carbons (Fsp3) is 0.333. The van der Waals surface area contributed by atoms with E-state index in [4.69, 9.17) is 10.7 Å². The van der Waals surface area contributed by atoms with Gasteiger partial charge in [0.05, 0.1) is 28.0 Å². The van der Waals surface area contributed by atoms with Crippen LogP contribution in [0.15, 0.2) is 49.1 Å². The minimum atomic E-state index is -0.665. The van der Waals surface area contributed by atoms with Crippen LogP contribution in [0.5, 0.6) is 0 Å². The molecule has 5 rings (SSSR count). The highest BCUT2D eigenvalue weighted by atomic mass is 32.1. The van der Waals surface area contributed by atoms with Gasteiger partial charge in [-0.25, -0.2) is 15.0 Å². The minimum absolute atomic E-state index is 0.0610. The van der Waals surface area contributed by atoms with E-state index in [0.717, 1.165) is 34.8 Å². The van der Waals surface area contributed by atoms with Crippen molar-refractivity contribution in [1.29, 1.82) is 0 Å². The third-order valence-electron chi connectivity index (χ3n) is 6.96. The molecule has 0 aliphatic carbocycles. The van der Waals surface area contributed by atoms with Crippen molar-refractivity contribution in [2.75, 3.05) is 16.8 Å². The zero-order valence-corrected chi connectivity index (χ0v) is 22.4. The van der Waals surface area contributed by atoms with Crippen LogP contribution in [0, 0.1) is 12.8 Å². The molecule has 11 heteroatoms. The topological polar surface area (TPSA) is 132 Å². The lowest BCUT2D eigenvalue weighted by molar-refractivity contribution is 0.0944. The number of hydrogen-bond acceptors (Lipinski definition) is 9. The number of carbonyl (C=O) groups is 2. The Labute approximate surface area is 224 Å². The number of carbonyl (C=O) groups excluding carboxylic acids is 2. The van der Waals surface area contributed by atoms with Crippen LogP contribution in [0.4, 0.5) is 17.3 Å². The van der Waals surface area contributed by atoms with Crippen molar-refractivity contribution in [2.24, 2.45) is 18.7 Å². The maximum Gasteiger partial charge on any atom is 0.271 e. The number of anilines is 3. The van der Waals surface area contributed by atoms with E-state index in [1.807, 2.05) is 37.4 Å². The zero-order chi connectivity index (χ0) is 26.8. The van der Waals surface area contributed by atoms with Gasteiger partial charge in [0.2, 0.25) is 0 Å². The summed E-state index contributed by atoms with van der Waals surface area (Å²) in [5.74, 6) is 0.541. The summed E-state index contributed by atoms with van der Waals surface area (Å²) in [5.41, 5.74) is 8.07. The number of thiazole rings is 1. The molecule has 1 fully saturated rings. The molecule has 3 aromatic heterocycles. The summed E-state index contributed by atoms with van der Waals surface area (Å²) >= 11 is 1.64. The van der Waals surface area contributed by atoms with Gasteiger partial charge in [-0.2, -0.15) is 5.10 Å². The van der Waals surface area contributed by atoms with E-state index >= 15 is 0 Å². The predicted octanol–water partition coefficient (Wildman–Crippen LogP) is 4.36. The van der Waals surface area contributed by atoms with Crippen molar-refractivity contribution in [3.8, 4) is 10.4 Å². The van der Waals surface area contributed by atoms with Gasteiger partial charge in [-0.15, -0.1) is 11.3 Å². The lowest BCUT2D eigenvalue weighted by Gasteiger charge is -2.40. The van der Waals surface area contributed by atoms with Crippen LogP contribution in [0.25, 0.3) is 10.4 Å². The van der Waals surface area contributed by atoms with Gasteiger partial charge in [0, 0.05) is 44.0 Å². The number of primary amides is 1. The molecule has 1 aliphatic rings. The van der Waals surface area contributed by atoms with Crippen LogP contribution < -0.4 is 16.0 Å². The molecule has 2 atom stereocenters. The summed E-state index contributed by atoms with van der Waals surface area (Å²) in [6.07, 6.45) is 9.18. The molecule has 1 aliphatic heterocycles. The summed E-state index contributed by atoms with van der Waals surface area (Å²) in [4.78, 5) is 41.8. The maximum absolute atomic E-state index is 13.2. The molecular formula is C27H30N8O2S. The summed E-state index contributed by atoms with van der Waals surface area (Å²) < 4.78 is 1.64. The highest BCUT2D eigenvalue weighted by Gasteiger charge is 2.31. The molecule has 38 heavy (non-hydrogen) atoms. The standard InChI is InChI=1S/C27H30N8O2S/c1-16-20(11-22(36)18-6-8-19(9-7-18)23-13-29-17(2)38-23)5-4-10-35(16)24-14-30-25(26(28)37)27(33-24)32-21-12-31-34(3)15-21/h6-9,12-16,20H,4-5,10-11H2,1-3H3,(H2,28,37)(H,32,33)/t16-,20+/m1/s1. The van der Waals surface area contributed by atoms with Gasteiger partial charge in [0.1, 0.15) is 5.82 Å². The number of nitrogens with two attached hydrogens (primary N) is 1. The second kappa shape index (κ2) is 10.7. The summed E-state index contributed by atoms with van der Waals surface area (Å²) in [5, 5.41) is 8.27. The highest BCUT2D eigenvalue weighted by Crippen LogP contribution is 2.32. The smallest absolute Gasteiger partial charge is 0.271 e. The second-order valence-electron chi connectivity index (χ2n) is 9.60. The van der Waals surface area contributed by atoms with Gasteiger partial charge in [0.25, 0.3) is 5.91 Å². The molecule has 0 saturated carbocycles. The van der Waals surface area contributed by atoms with E-state index in [1.54, 1.807) is 41.7 Å². The zero-order valence-electron chi connectivity index (χ0n) is 21.6. The number of benzene rings is 1. The summed E-state index contributed by atoms with van der Waals surface area (Å²) in [6.45, 7) is 4.88. The molecule has 4 heterocycles. The van der Waals surface area contributed by atoms with Crippen LogP contribution >= 0.6 is 11.3 Å². The van der Waals surface area contributed by atoms with E-state index in [9.17, 15) is 9.59 Å². The molecular weight excluding hydrogens is 500 g/mol. The fourth-order valence-corrected chi connectivity index (χ4v) is 5.68. The van der Waals surface area contributed by atoms with Crippen LogP contribution in [-0.4, -0.2) is 49.0 Å². The van der Waals surface area contributed by atoms with Gasteiger partial charge in [-0.05, 0) is 38.2 Å². The average molecular weight is 531 g/mol. The Morgan fingerprint density at radius 3 is 2.61 bits per heavy atom. The largest absolute Gasteiger partial charge is 0.364 e. The maximum atomic E-state index is 13.2. The molecule has 196 valence electrons. The first-order chi connectivity index (χ1) is 18.3. The Hall–Kier alpha value is -4.12. The van der Waals surface area contributed by atoms with E-state index in [1.165, 1.54) is 0 Å². The molecule has 0 bridgehead atoms. The third-order valence-corrected chi connectivity index (χ3v) is 7.92. The SMILES string of the molecule is Cc1ncc(-c2ccc(C(=O)C[C@@H]3CCCN(c4cnc(C(N)=O)c(Nc5cnn(C)c5)n4)[C@@H]3C)cc2)s1. The summed E-state index contributed by atoms with van der Waals surface area (Å²) in [7, 11) is 1.80. The van der Waals surface area contributed by atoms with Gasteiger partial charge < -0.3 is 16.0 Å². The van der Waals surface area contributed by atoms with Gasteiger partial charge in [-0.1, -0.05) is 24.3 Å². The molecule has 1 aromatic carbocycles. The molecule has 10 nitrogen and oxygen atoms in total. The lowest BCUT2D eigenvalue weighted by Crippen LogP contribution is -2.44. The van der Waals surface area contributed by atoms with Crippen molar-refractivity contribution in [3.63, 3.8) is 0 Å². The Bertz CT molecular complexity index is 1460. The molecule has 0 spiro atoms. The number of Topliss-reactive ketones (excluding diaryl/α,β-unsaturated/α-hetero) is 1. The van der Waals surface area contributed by atoms with Crippen LogP contribution in [0.2, 0.25) is 0 Å². The van der Waals surface area contributed by atoms with Gasteiger partial charge in [-0.3, -0.25) is 14.3 Å². The number of piperidine rings is 1. The molecule has 3 N–H and O–H groups in total. The van der Waals surface area contributed by atoms with E-state index in [2.05, 4.69) is 32.2 Å². The number of ketones is 1. The minimum Gasteiger partial charge on any atom is -0.364 e. The van der Waals surface area contributed by atoms with Gasteiger partial charge >= 0.3 is 0 Å². The molecule has 4 aromatic rings. The Morgan fingerprint density at radius 2 is 1.95 bits per heavy atom. The first-order valence-electron chi connectivity index (χ1n) is 12.5. The van der Waals surface area contributed by atoms with E-state index in [-0.39, 0.29) is 29.3 Å². The van der Waals surface area contributed by atoms with Crippen molar-refractivity contribution < 1.29 is 9.59 Å². The summed E-state index contributed by atoms with van der Waals surface area (Å²) in [6, 6.07) is 7.85. The lowest BCUT2D eigenvalue weighted by atomic mass is 9.85. The monoisotopic (exact) mass is 530 g/mol.